The van der Waals surface area contributed by atoms with E-state index in [0.717, 1.165) is 24.1 Å². The highest BCUT2D eigenvalue weighted by atomic mass is 32.2. The molecule has 0 saturated carbocycles. The summed E-state index contributed by atoms with van der Waals surface area (Å²) in [6, 6.07) is 4.49. The van der Waals surface area contributed by atoms with Gasteiger partial charge in [-0.25, -0.2) is 4.39 Å². The topological polar surface area (TPSA) is 58.6 Å². The molecule has 31 heavy (non-hydrogen) atoms. The van der Waals surface area contributed by atoms with E-state index in [2.05, 4.69) is 21.3 Å². The van der Waals surface area contributed by atoms with E-state index in [-0.39, 0.29) is 17.0 Å². The lowest BCUT2D eigenvalue weighted by molar-refractivity contribution is -0.126. The van der Waals surface area contributed by atoms with E-state index in [4.69, 9.17) is 0 Å². The number of likely N-dealkylation sites (tertiary alicyclic amines) is 1. The van der Waals surface area contributed by atoms with Gasteiger partial charge in [0.05, 0.1) is 34.0 Å². The fourth-order valence-electron chi connectivity index (χ4n) is 3.43. The molecule has 1 aliphatic heterocycles. The largest absolute Gasteiger partial charge is 0.393 e. The quantitative estimate of drug-likeness (QED) is 0.403. The van der Waals surface area contributed by atoms with Gasteiger partial charge >= 0.3 is 6.18 Å². The first-order chi connectivity index (χ1) is 14.4. The van der Waals surface area contributed by atoms with Gasteiger partial charge in [0.25, 0.3) is 10.1 Å². The van der Waals surface area contributed by atoms with Crippen LogP contribution in [0.3, 0.4) is 0 Å². The van der Waals surface area contributed by atoms with Gasteiger partial charge in [-0.3, -0.25) is 4.18 Å². The number of halogens is 4. The van der Waals surface area contributed by atoms with Crippen molar-refractivity contribution in [2.24, 2.45) is 0 Å². The molecule has 0 amide bonds. The molecule has 0 radical (unpaired) electrons. The van der Waals surface area contributed by atoms with Gasteiger partial charge in [0.1, 0.15) is 12.8 Å². The number of thiophene rings is 1. The van der Waals surface area contributed by atoms with Crippen molar-refractivity contribution < 1.29 is 30.2 Å². The molecule has 2 aromatic rings. The predicted octanol–water partition coefficient (Wildman–Crippen LogP) is 3.79. The van der Waals surface area contributed by atoms with Gasteiger partial charge in [-0.2, -0.15) is 21.6 Å². The summed E-state index contributed by atoms with van der Waals surface area (Å²) in [5.74, 6) is 5.08. The van der Waals surface area contributed by atoms with E-state index in [0.29, 0.717) is 22.2 Å². The predicted molar refractivity (Wildman–Crippen MR) is 114 cm³/mol. The molecule has 2 heterocycles. The van der Waals surface area contributed by atoms with Crippen LogP contribution < -0.4 is 5.32 Å². The molecular formula is C20H22F4N2O3S2. The number of hydrogen-bond acceptors (Lipinski definition) is 6. The summed E-state index contributed by atoms with van der Waals surface area (Å²) in [4.78, 5) is 2.07. The second-order valence-electron chi connectivity index (χ2n) is 7.47. The Balaban J connectivity index is 1.96. The number of benzene rings is 1. The first-order valence-electron chi connectivity index (χ1n) is 9.46. The molecule has 2 unspecified atom stereocenters. The zero-order chi connectivity index (χ0) is 22.8. The highest BCUT2D eigenvalue weighted by Crippen LogP contribution is 2.39. The molecule has 1 fully saturated rings. The summed E-state index contributed by atoms with van der Waals surface area (Å²) in [6.07, 6.45) is -5.29. The lowest BCUT2D eigenvalue weighted by atomic mass is 10.0. The first kappa shape index (κ1) is 23.8. The number of fused-ring (bicyclic) bond motifs is 1. The Morgan fingerprint density at radius 3 is 2.74 bits per heavy atom. The van der Waals surface area contributed by atoms with Crippen LogP contribution in [-0.2, 0) is 20.7 Å². The average Bonchev–Trinajstić information content (AvgIpc) is 2.97. The third-order valence-corrected chi connectivity index (χ3v) is 6.57. The molecular weight excluding hydrogens is 456 g/mol. The molecule has 0 bridgehead atoms. The van der Waals surface area contributed by atoms with Crippen LogP contribution in [0.1, 0.15) is 16.9 Å². The lowest BCUT2D eigenvalue weighted by Gasteiger charge is -2.33. The third kappa shape index (κ3) is 6.55. The van der Waals surface area contributed by atoms with Crippen molar-refractivity contribution in [3.63, 3.8) is 0 Å². The Bertz CT molecular complexity index is 1100. The maximum absolute atomic E-state index is 14.5. The number of nitrogens with zero attached hydrogens (tertiary/aromatic N) is 1. The van der Waals surface area contributed by atoms with Gasteiger partial charge in [-0.1, -0.05) is 24.0 Å². The summed E-state index contributed by atoms with van der Waals surface area (Å²) < 4.78 is 81.3. The van der Waals surface area contributed by atoms with Gasteiger partial charge < -0.3 is 10.2 Å². The molecule has 170 valence electrons. The van der Waals surface area contributed by atoms with Crippen LogP contribution in [0.5, 0.6) is 0 Å². The molecule has 1 aromatic carbocycles. The van der Waals surface area contributed by atoms with Crippen molar-refractivity contribution in [1.82, 2.24) is 4.90 Å². The Labute approximate surface area is 182 Å². The molecule has 1 aliphatic rings. The number of alkyl halides is 4. The Morgan fingerprint density at radius 1 is 1.35 bits per heavy atom. The fourth-order valence-corrected chi connectivity index (χ4v) is 4.88. The van der Waals surface area contributed by atoms with E-state index >= 15 is 0 Å². The van der Waals surface area contributed by atoms with Crippen molar-refractivity contribution in [2.45, 2.75) is 31.2 Å². The van der Waals surface area contributed by atoms with Crippen LogP contribution in [0.25, 0.3) is 10.1 Å². The minimum atomic E-state index is -4.45. The fraction of sp³-hybridized carbons (Fsp3) is 0.500. The summed E-state index contributed by atoms with van der Waals surface area (Å²) in [5, 5.41) is 3.55. The van der Waals surface area contributed by atoms with Crippen molar-refractivity contribution >= 4 is 37.2 Å². The number of nitrogens with one attached hydrogen (secondary N) is 1. The zero-order valence-electron chi connectivity index (χ0n) is 16.9. The standard InChI is InChI=1S/C20H22F4N2O3S2/c1-26-9-8-16(15(21)12-26)25-17-6-3-5-13-14(11-20(22,23)24)18(30-19(13)17)7-4-10-29-31(2,27)28/h3,5-6,15-16,25H,8-12H2,1-2H3. The number of piperidine rings is 1. The second kappa shape index (κ2) is 9.32. The van der Waals surface area contributed by atoms with E-state index in [1.807, 2.05) is 11.9 Å². The number of anilines is 1. The Kier molecular flexibility index (Phi) is 7.15. The number of rotatable bonds is 5. The highest BCUT2D eigenvalue weighted by Gasteiger charge is 2.32. The molecule has 2 atom stereocenters. The number of hydrogen-bond donors (Lipinski definition) is 1. The van der Waals surface area contributed by atoms with Crippen LogP contribution in [0.2, 0.25) is 0 Å². The third-order valence-electron chi connectivity index (χ3n) is 4.83. The minimum Gasteiger partial charge on any atom is -0.378 e. The minimum absolute atomic E-state index is 0.0168. The Morgan fingerprint density at radius 2 is 2.10 bits per heavy atom. The smallest absolute Gasteiger partial charge is 0.378 e. The summed E-state index contributed by atoms with van der Waals surface area (Å²) in [5.41, 5.74) is 0.576. The second-order valence-corrected chi connectivity index (χ2v) is 10.1. The van der Waals surface area contributed by atoms with Crippen molar-refractivity contribution in [3.8, 4) is 11.8 Å². The van der Waals surface area contributed by atoms with E-state index in [1.165, 1.54) is 0 Å². The molecule has 11 heteroatoms. The molecule has 1 saturated heterocycles. The molecule has 1 N–H and O–H groups in total. The monoisotopic (exact) mass is 478 g/mol. The van der Waals surface area contributed by atoms with Gasteiger partial charge in [0, 0.05) is 13.1 Å². The van der Waals surface area contributed by atoms with Gasteiger partial charge in [0.2, 0.25) is 0 Å². The van der Waals surface area contributed by atoms with Gasteiger partial charge in [-0.05, 0) is 30.5 Å². The molecule has 1 aromatic heterocycles. The SMILES string of the molecule is CN1CCC(Nc2cccc3c(CC(F)(F)F)c(C#CCOS(C)(=O)=O)sc23)C(F)C1. The van der Waals surface area contributed by atoms with Crippen molar-refractivity contribution in [3.05, 3.63) is 28.6 Å². The molecule has 0 spiro atoms. The van der Waals surface area contributed by atoms with Gasteiger partial charge in [0.15, 0.2) is 0 Å². The highest BCUT2D eigenvalue weighted by molar-refractivity contribution is 7.86. The molecule has 0 aliphatic carbocycles. The van der Waals surface area contributed by atoms with Crippen molar-refractivity contribution in [1.29, 1.82) is 0 Å². The van der Waals surface area contributed by atoms with Crippen LogP contribution in [0.15, 0.2) is 18.2 Å². The summed E-state index contributed by atoms with van der Waals surface area (Å²) in [7, 11) is -1.86. The van der Waals surface area contributed by atoms with E-state index < -0.39 is 41.5 Å². The van der Waals surface area contributed by atoms with E-state index in [9.17, 15) is 26.0 Å². The maximum atomic E-state index is 14.5. The molecule has 5 nitrogen and oxygen atoms in total. The van der Waals surface area contributed by atoms with E-state index in [1.54, 1.807) is 18.2 Å². The van der Waals surface area contributed by atoms with Crippen LogP contribution >= 0.6 is 11.3 Å². The summed E-state index contributed by atoms with van der Waals surface area (Å²) >= 11 is 1.07. The maximum Gasteiger partial charge on any atom is 0.393 e. The van der Waals surface area contributed by atoms with Crippen LogP contribution in [-0.4, -0.2) is 64.7 Å². The van der Waals surface area contributed by atoms with Crippen LogP contribution in [0, 0.1) is 11.8 Å². The first-order valence-corrected chi connectivity index (χ1v) is 12.1. The Hall–Kier alpha value is -1.87. The average molecular weight is 479 g/mol. The molecule has 3 rings (SSSR count). The normalized spacial score (nSPS) is 20.5. The van der Waals surface area contributed by atoms with Crippen molar-refractivity contribution in [2.75, 3.05) is 38.3 Å². The van der Waals surface area contributed by atoms with Gasteiger partial charge in [-0.15, -0.1) is 11.3 Å². The lowest BCUT2D eigenvalue weighted by Crippen LogP contribution is -2.46. The zero-order valence-corrected chi connectivity index (χ0v) is 18.6. The van der Waals surface area contributed by atoms with Crippen LogP contribution in [0.4, 0.5) is 23.2 Å². The summed E-state index contributed by atoms with van der Waals surface area (Å²) in [6.45, 7) is 0.548.